The lowest BCUT2D eigenvalue weighted by Crippen LogP contribution is -2.39. The Morgan fingerprint density at radius 2 is 1.84 bits per heavy atom. The molecule has 2 aromatic carbocycles. The van der Waals surface area contributed by atoms with Crippen LogP contribution in [0.4, 0.5) is 0 Å². The van der Waals surface area contributed by atoms with Crippen molar-refractivity contribution < 1.29 is 29.2 Å². The molecule has 3 N–H and O–H groups in total. The fourth-order valence-corrected chi connectivity index (χ4v) is 4.21. The molecule has 7 heteroatoms. The van der Waals surface area contributed by atoms with Crippen molar-refractivity contribution in [2.24, 2.45) is 0 Å². The van der Waals surface area contributed by atoms with Gasteiger partial charge >= 0.3 is 0 Å². The Hall–Kier alpha value is -3.45. The van der Waals surface area contributed by atoms with E-state index in [9.17, 15) is 20.1 Å². The summed E-state index contributed by atoms with van der Waals surface area (Å²) in [7, 11) is 0. The maximum Gasteiger partial charge on any atom is 0.204 e. The zero-order valence-electron chi connectivity index (χ0n) is 18.2. The molecule has 2 aliphatic heterocycles. The molecular weight excluding hydrogens is 412 g/mol. The highest BCUT2D eigenvalue weighted by Gasteiger charge is 2.37. The van der Waals surface area contributed by atoms with Crippen LogP contribution in [0.5, 0.6) is 23.0 Å². The van der Waals surface area contributed by atoms with Gasteiger partial charge in [0.15, 0.2) is 0 Å². The van der Waals surface area contributed by atoms with Gasteiger partial charge in [-0.05, 0) is 52.0 Å². The Kier molecular flexibility index (Phi) is 4.17. The molecule has 1 aromatic heterocycles. The number of rotatable bonds is 2. The van der Waals surface area contributed by atoms with Crippen molar-refractivity contribution in [3.05, 3.63) is 51.9 Å². The normalized spacial score (nSPS) is 18.7. The maximum absolute atomic E-state index is 13.4. The summed E-state index contributed by atoms with van der Waals surface area (Å²) in [6.45, 7) is 7.05. The van der Waals surface area contributed by atoms with Crippen molar-refractivity contribution in [1.82, 2.24) is 0 Å². The molecule has 0 spiro atoms. The van der Waals surface area contributed by atoms with Crippen molar-refractivity contribution in [2.45, 2.75) is 51.4 Å². The van der Waals surface area contributed by atoms with E-state index in [2.05, 4.69) is 0 Å². The van der Waals surface area contributed by atoms with Crippen molar-refractivity contribution in [3.8, 4) is 34.1 Å². The molecule has 0 bridgehead atoms. The molecule has 0 aliphatic carbocycles. The number of aliphatic hydroxyl groups is 1. The zero-order valence-corrected chi connectivity index (χ0v) is 18.2. The van der Waals surface area contributed by atoms with Crippen LogP contribution in [0.2, 0.25) is 0 Å². The fraction of sp³-hybridized carbons (Fsp3) is 0.320. The van der Waals surface area contributed by atoms with Crippen LogP contribution in [0.3, 0.4) is 0 Å². The van der Waals surface area contributed by atoms with Gasteiger partial charge in [0.2, 0.25) is 5.43 Å². The standard InChI is InChI=1S/C25H24O7/c1-24(2)8-7-13-17(32-24)10-18-20(22(13)27)23(28)15(11-30-18)12-5-6-16-14(21(12)26)9-19(31-16)25(3,4)29/h5-8,10-11,19,26-27,29H,9H2,1-4H3. The quantitative estimate of drug-likeness (QED) is 0.554. The minimum absolute atomic E-state index is 0.0136. The van der Waals surface area contributed by atoms with E-state index in [0.717, 1.165) is 0 Å². The molecule has 0 saturated heterocycles. The molecule has 0 fully saturated rings. The van der Waals surface area contributed by atoms with Crippen LogP contribution in [0.25, 0.3) is 28.2 Å². The predicted molar refractivity (Wildman–Crippen MR) is 119 cm³/mol. The molecule has 7 nitrogen and oxygen atoms in total. The second-order valence-electron chi connectivity index (χ2n) is 9.43. The lowest BCUT2D eigenvalue weighted by atomic mass is 9.94. The fourth-order valence-electron chi connectivity index (χ4n) is 4.21. The highest BCUT2D eigenvalue weighted by Crippen LogP contribution is 2.45. The summed E-state index contributed by atoms with van der Waals surface area (Å²) in [4.78, 5) is 13.4. The summed E-state index contributed by atoms with van der Waals surface area (Å²) in [5.74, 6) is 0.549. The minimum Gasteiger partial charge on any atom is -0.507 e. The molecule has 0 radical (unpaired) electrons. The Labute approximate surface area is 184 Å². The molecule has 0 amide bonds. The highest BCUT2D eigenvalue weighted by molar-refractivity contribution is 5.93. The van der Waals surface area contributed by atoms with E-state index in [4.69, 9.17) is 13.9 Å². The number of phenolic OH excluding ortho intramolecular Hbond substituents is 2. The number of benzene rings is 2. The molecule has 1 atom stereocenters. The molecule has 3 aromatic rings. The zero-order chi connectivity index (χ0) is 23.0. The van der Waals surface area contributed by atoms with Crippen molar-refractivity contribution in [1.29, 1.82) is 0 Å². The summed E-state index contributed by atoms with van der Waals surface area (Å²) in [6.07, 6.45) is 4.58. The van der Waals surface area contributed by atoms with Gasteiger partial charge in [0.05, 0.1) is 16.7 Å². The van der Waals surface area contributed by atoms with Gasteiger partial charge in [0.1, 0.15) is 51.9 Å². The summed E-state index contributed by atoms with van der Waals surface area (Å²) < 4.78 is 17.4. The van der Waals surface area contributed by atoms with Crippen molar-refractivity contribution in [3.63, 3.8) is 0 Å². The molecule has 1 unspecified atom stereocenters. The topological polar surface area (TPSA) is 109 Å². The second-order valence-corrected chi connectivity index (χ2v) is 9.43. The van der Waals surface area contributed by atoms with Gasteiger partial charge in [-0.3, -0.25) is 4.79 Å². The van der Waals surface area contributed by atoms with Gasteiger partial charge < -0.3 is 29.2 Å². The van der Waals surface area contributed by atoms with E-state index in [1.165, 1.54) is 6.26 Å². The van der Waals surface area contributed by atoms with Crippen LogP contribution in [-0.2, 0) is 6.42 Å². The van der Waals surface area contributed by atoms with Crippen LogP contribution < -0.4 is 14.9 Å². The van der Waals surface area contributed by atoms with Crippen molar-refractivity contribution >= 4 is 17.0 Å². The average Bonchev–Trinajstić information content (AvgIpc) is 3.14. The molecule has 5 rings (SSSR count). The third-order valence-electron chi connectivity index (χ3n) is 6.04. The minimum atomic E-state index is -1.09. The Morgan fingerprint density at radius 3 is 2.56 bits per heavy atom. The van der Waals surface area contributed by atoms with E-state index in [-0.39, 0.29) is 33.6 Å². The Morgan fingerprint density at radius 1 is 1.09 bits per heavy atom. The molecule has 32 heavy (non-hydrogen) atoms. The third kappa shape index (κ3) is 3.04. The number of hydrogen-bond acceptors (Lipinski definition) is 7. The van der Waals surface area contributed by atoms with Crippen LogP contribution in [0.1, 0.15) is 38.8 Å². The lowest BCUT2D eigenvalue weighted by molar-refractivity contribution is -0.0229. The first-order chi connectivity index (χ1) is 15.0. The summed E-state index contributed by atoms with van der Waals surface area (Å²) in [6, 6.07) is 4.82. The first kappa shape index (κ1) is 20.5. The largest absolute Gasteiger partial charge is 0.507 e. The Balaban J connectivity index is 1.66. The third-order valence-corrected chi connectivity index (χ3v) is 6.04. The van der Waals surface area contributed by atoms with Crippen molar-refractivity contribution in [2.75, 3.05) is 0 Å². The van der Waals surface area contributed by atoms with Crippen LogP contribution in [-0.4, -0.2) is 32.6 Å². The average molecular weight is 436 g/mol. The van der Waals surface area contributed by atoms with E-state index in [1.54, 1.807) is 44.2 Å². The predicted octanol–water partition coefficient (Wildman–Crippen LogP) is 4.13. The van der Waals surface area contributed by atoms with E-state index >= 15 is 0 Å². The van der Waals surface area contributed by atoms with Crippen LogP contribution in [0, 0.1) is 0 Å². The number of fused-ring (bicyclic) bond motifs is 3. The van der Waals surface area contributed by atoms with Gasteiger partial charge in [-0.25, -0.2) is 0 Å². The lowest BCUT2D eigenvalue weighted by Gasteiger charge is -2.28. The molecule has 166 valence electrons. The highest BCUT2D eigenvalue weighted by atomic mass is 16.5. The SMILES string of the molecule is CC1(C)C=Cc2c(cc3occ(-c4ccc5c(c4O)CC(C(C)(C)O)O5)c(=O)c3c2O)O1. The van der Waals surface area contributed by atoms with Crippen LogP contribution in [0.15, 0.2) is 39.7 Å². The van der Waals surface area contributed by atoms with Crippen LogP contribution >= 0.6 is 0 Å². The smallest absolute Gasteiger partial charge is 0.204 e. The van der Waals surface area contributed by atoms with E-state index in [0.29, 0.717) is 29.0 Å². The van der Waals surface area contributed by atoms with E-state index < -0.39 is 22.7 Å². The first-order valence-corrected chi connectivity index (χ1v) is 10.4. The number of ether oxygens (including phenoxy) is 2. The molecular formula is C25H24O7. The molecule has 2 aliphatic rings. The number of phenols is 2. The van der Waals surface area contributed by atoms with E-state index in [1.807, 2.05) is 13.8 Å². The van der Waals surface area contributed by atoms with Gasteiger partial charge in [0, 0.05) is 23.6 Å². The van der Waals surface area contributed by atoms with Gasteiger partial charge in [-0.15, -0.1) is 0 Å². The van der Waals surface area contributed by atoms with Gasteiger partial charge in [-0.2, -0.15) is 0 Å². The summed E-state index contributed by atoms with van der Waals surface area (Å²) in [5, 5.41) is 32.1. The number of aromatic hydroxyl groups is 2. The first-order valence-electron chi connectivity index (χ1n) is 10.4. The monoisotopic (exact) mass is 436 g/mol. The maximum atomic E-state index is 13.4. The van der Waals surface area contributed by atoms with Gasteiger partial charge in [-0.1, -0.05) is 0 Å². The Bertz CT molecular complexity index is 1360. The molecule has 3 heterocycles. The summed E-state index contributed by atoms with van der Waals surface area (Å²) >= 11 is 0. The number of hydrogen-bond donors (Lipinski definition) is 3. The summed E-state index contributed by atoms with van der Waals surface area (Å²) in [5.41, 5.74) is -0.631. The van der Waals surface area contributed by atoms with Gasteiger partial charge in [0.25, 0.3) is 0 Å². The molecule has 0 saturated carbocycles. The second kappa shape index (κ2) is 6.53.